The molecule has 4 heterocycles. The second-order valence-electron chi connectivity index (χ2n) is 11.9. The Morgan fingerprint density at radius 3 is 1.60 bits per heavy atom. The van der Waals surface area contributed by atoms with E-state index in [1.807, 2.05) is 127 Å². The first kappa shape index (κ1) is 26.5. The molecule has 0 unspecified atom stereocenters. The van der Waals surface area contributed by atoms with Crippen molar-refractivity contribution >= 4 is 49.0 Å². The Morgan fingerprint density at radius 2 is 0.958 bits per heavy atom. The molecule has 0 aliphatic heterocycles. The average molecular weight is 617 g/mol. The summed E-state index contributed by atoms with van der Waals surface area (Å²) in [6.07, 6.45) is 0. The molecule has 48 heavy (non-hydrogen) atoms. The Balaban J connectivity index is 1.41. The van der Waals surface area contributed by atoms with Gasteiger partial charge in [0.2, 0.25) is 5.95 Å². The predicted molar refractivity (Wildman–Crippen MR) is 192 cm³/mol. The van der Waals surface area contributed by atoms with Crippen LogP contribution >= 0.6 is 0 Å². The lowest BCUT2D eigenvalue weighted by Gasteiger charge is -2.11. The number of pyridine rings is 1. The Morgan fingerprint density at radius 1 is 0.438 bits per heavy atom. The molecule has 7 heteroatoms. The van der Waals surface area contributed by atoms with Crippen LogP contribution in [0.25, 0.3) is 89.1 Å². The van der Waals surface area contributed by atoms with Gasteiger partial charge >= 0.3 is 0 Å². The van der Waals surface area contributed by atoms with Crippen LogP contribution in [0.4, 0.5) is 0 Å². The number of rotatable bonds is 4. The number of imidazole rings is 1. The molecule has 0 saturated carbocycles. The Bertz CT molecular complexity index is 2840. The normalized spacial score (nSPS) is 11.8. The monoisotopic (exact) mass is 616 g/mol. The highest BCUT2D eigenvalue weighted by Gasteiger charge is 2.26. The van der Waals surface area contributed by atoms with Crippen LogP contribution in [0.2, 0.25) is 0 Å². The van der Waals surface area contributed by atoms with E-state index in [1.165, 1.54) is 0 Å². The summed E-state index contributed by atoms with van der Waals surface area (Å²) in [4.78, 5) is 34.8. The van der Waals surface area contributed by atoms with E-state index in [9.17, 15) is 4.79 Å². The summed E-state index contributed by atoms with van der Waals surface area (Å²) in [5.41, 5.74) is 5.79. The lowest BCUT2D eigenvalue weighted by atomic mass is 10.0. The summed E-state index contributed by atoms with van der Waals surface area (Å²) < 4.78 is 3.86. The van der Waals surface area contributed by atoms with Gasteiger partial charge in [-0.05, 0) is 23.6 Å². The molecule has 0 amide bonds. The van der Waals surface area contributed by atoms with Crippen molar-refractivity contribution in [3.63, 3.8) is 0 Å². The maximum Gasteiger partial charge on any atom is 0.264 e. The molecule has 7 nitrogen and oxygen atoms in total. The van der Waals surface area contributed by atoms with Gasteiger partial charge in [0.25, 0.3) is 5.56 Å². The zero-order valence-electron chi connectivity index (χ0n) is 25.4. The molecule has 0 N–H and O–H groups in total. The minimum atomic E-state index is -0.0978. The van der Waals surface area contributed by atoms with E-state index in [0.29, 0.717) is 34.3 Å². The molecular weight excluding hydrogens is 592 g/mol. The van der Waals surface area contributed by atoms with Gasteiger partial charge in [-0.3, -0.25) is 13.8 Å². The maximum absolute atomic E-state index is 14.3. The highest BCUT2D eigenvalue weighted by Crippen LogP contribution is 2.41. The van der Waals surface area contributed by atoms with Gasteiger partial charge in [0.05, 0.1) is 16.6 Å². The van der Waals surface area contributed by atoms with Crippen LogP contribution in [0.1, 0.15) is 0 Å². The molecular formula is C41H24N6O. The van der Waals surface area contributed by atoms with Gasteiger partial charge in [-0.15, -0.1) is 0 Å². The van der Waals surface area contributed by atoms with Crippen molar-refractivity contribution < 1.29 is 0 Å². The lowest BCUT2D eigenvalue weighted by Crippen LogP contribution is -2.14. The average Bonchev–Trinajstić information content (AvgIpc) is 3.72. The van der Waals surface area contributed by atoms with Gasteiger partial charge in [0.15, 0.2) is 11.6 Å². The van der Waals surface area contributed by atoms with E-state index in [4.69, 9.17) is 19.9 Å². The van der Waals surface area contributed by atoms with E-state index in [1.54, 1.807) is 4.40 Å². The van der Waals surface area contributed by atoms with Crippen molar-refractivity contribution in [3.8, 4) is 40.1 Å². The van der Waals surface area contributed by atoms with E-state index >= 15 is 0 Å². The number of nitrogens with zero attached hydrogens (tertiary/aromatic N) is 6. The van der Waals surface area contributed by atoms with Gasteiger partial charge in [-0.2, -0.15) is 9.97 Å². The van der Waals surface area contributed by atoms with E-state index < -0.39 is 0 Å². The molecule has 4 aromatic heterocycles. The molecule has 0 saturated heterocycles. The van der Waals surface area contributed by atoms with Crippen LogP contribution in [0.5, 0.6) is 0 Å². The third-order valence-corrected chi connectivity index (χ3v) is 9.13. The first-order valence-electron chi connectivity index (χ1n) is 15.8. The first-order valence-corrected chi connectivity index (χ1v) is 15.8. The lowest BCUT2D eigenvalue weighted by molar-refractivity contribution is 0.954. The molecule has 0 atom stereocenters. The molecule has 0 radical (unpaired) electrons. The van der Waals surface area contributed by atoms with Crippen LogP contribution in [-0.2, 0) is 0 Å². The SMILES string of the molecule is O=c1c2ccccc2c2cc3c4ccccc4n(-c4nc(-c5ccccc5)nc(-c5ccccc5)n4)c3c3nc(-c4ccccc4)n1c23. The van der Waals surface area contributed by atoms with Crippen LogP contribution in [0, 0.1) is 0 Å². The standard InChI is InChI=1S/C41H24N6O/c48-40-30-22-11-10-20-28(30)31-24-32-29-21-12-13-23-33(29)46(35(32)34-36(31)47(40)39(42-34)27-18-8-3-9-19-27)41-44-37(25-14-4-1-5-15-25)43-38(45-41)26-16-6-2-7-17-26/h1-24H. The molecule has 0 aliphatic rings. The Hall–Kier alpha value is -6.73. The fourth-order valence-electron chi connectivity index (χ4n) is 7.00. The quantitative estimate of drug-likeness (QED) is 0.185. The molecule has 10 rings (SSSR count). The van der Waals surface area contributed by atoms with Gasteiger partial charge < -0.3 is 0 Å². The predicted octanol–water partition coefficient (Wildman–Crippen LogP) is 8.72. The van der Waals surface area contributed by atoms with Crippen LogP contribution < -0.4 is 5.56 Å². The zero-order chi connectivity index (χ0) is 31.8. The molecule has 0 fully saturated rings. The zero-order valence-corrected chi connectivity index (χ0v) is 25.4. The van der Waals surface area contributed by atoms with Crippen LogP contribution in [-0.4, -0.2) is 28.9 Å². The largest absolute Gasteiger partial charge is 0.276 e. The molecule has 6 aromatic carbocycles. The van der Waals surface area contributed by atoms with Gasteiger partial charge in [-0.1, -0.05) is 127 Å². The summed E-state index contributed by atoms with van der Waals surface area (Å²) in [6, 6.07) is 48.1. The minimum absolute atomic E-state index is 0.0978. The summed E-state index contributed by atoms with van der Waals surface area (Å²) in [5, 5.41) is 4.57. The fraction of sp³-hybridized carbons (Fsp3) is 0. The maximum atomic E-state index is 14.3. The number of hydrogen-bond donors (Lipinski definition) is 0. The molecule has 10 aromatic rings. The van der Waals surface area contributed by atoms with E-state index in [2.05, 4.69) is 22.8 Å². The second kappa shape index (κ2) is 10.1. The van der Waals surface area contributed by atoms with Crippen LogP contribution in [0.15, 0.2) is 150 Å². The Kier molecular flexibility index (Phi) is 5.59. The smallest absolute Gasteiger partial charge is 0.264 e. The van der Waals surface area contributed by atoms with Crippen molar-refractivity contribution in [1.29, 1.82) is 0 Å². The summed E-state index contributed by atoms with van der Waals surface area (Å²) in [5.74, 6) is 2.21. The third-order valence-electron chi connectivity index (χ3n) is 9.13. The van der Waals surface area contributed by atoms with Crippen molar-refractivity contribution in [2.75, 3.05) is 0 Å². The van der Waals surface area contributed by atoms with Crippen molar-refractivity contribution in [1.82, 2.24) is 28.9 Å². The number of benzene rings is 6. The third kappa shape index (κ3) is 3.78. The number of hydrogen-bond acceptors (Lipinski definition) is 5. The van der Waals surface area contributed by atoms with Gasteiger partial charge in [-0.25, -0.2) is 9.97 Å². The number of para-hydroxylation sites is 1. The minimum Gasteiger partial charge on any atom is -0.276 e. The summed E-state index contributed by atoms with van der Waals surface area (Å²) in [6.45, 7) is 0. The van der Waals surface area contributed by atoms with Crippen molar-refractivity contribution in [2.45, 2.75) is 0 Å². The first-order chi connectivity index (χ1) is 23.7. The van der Waals surface area contributed by atoms with Gasteiger partial charge in [0, 0.05) is 38.2 Å². The summed E-state index contributed by atoms with van der Waals surface area (Å²) in [7, 11) is 0. The van der Waals surface area contributed by atoms with E-state index in [0.717, 1.165) is 54.8 Å². The van der Waals surface area contributed by atoms with Crippen LogP contribution in [0.3, 0.4) is 0 Å². The highest BCUT2D eigenvalue weighted by molar-refractivity contribution is 6.25. The van der Waals surface area contributed by atoms with Crippen molar-refractivity contribution in [3.05, 3.63) is 156 Å². The van der Waals surface area contributed by atoms with E-state index in [-0.39, 0.29) is 5.56 Å². The Labute approximate surface area is 273 Å². The molecule has 224 valence electrons. The molecule has 0 spiro atoms. The molecule has 0 aliphatic carbocycles. The number of fused-ring (bicyclic) bond motifs is 6. The van der Waals surface area contributed by atoms with Gasteiger partial charge in [0.1, 0.15) is 11.3 Å². The summed E-state index contributed by atoms with van der Waals surface area (Å²) >= 11 is 0. The van der Waals surface area contributed by atoms with Crippen molar-refractivity contribution in [2.24, 2.45) is 0 Å². The fourth-order valence-corrected chi connectivity index (χ4v) is 7.00. The topological polar surface area (TPSA) is 78.0 Å². The molecule has 0 bridgehead atoms. The highest BCUT2D eigenvalue weighted by atomic mass is 16.1. The second-order valence-corrected chi connectivity index (χ2v) is 11.9. The number of aromatic nitrogens is 6.